The van der Waals surface area contributed by atoms with Crippen LogP contribution in [0.15, 0.2) is 102 Å². The highest BCUT2D eigenvalue weighted by molar-refractivity contribution is 5.97. The lowest BCUT2D eigenvalue weighted by atomic mass is 9.82. The number of carbonyl (C=O) groups is 2. The summed E-state index contributed by atoms with van der Waals surface area (Å²) in [4.78, 5) is 26.9. The Morgan fingerprint density at radius 2 is 1.68 bits per heavy atom. The number of amides is 1. The Hall–Kier alpha value is -5.35. The number of carbonyl (C=O) groups excluding carboxylic acids is 2. The van der Waals surface area contributed by atoms with Crippen molar-refractivity contribution >= 4 is 23.8 Å². The second-order valence-electron chi connectivity index (χ2n) is 11.9. The summed E-state index contributed by atoms with van der Waals surface area (Å²) in [7, 11) is 1.52. The number of nitrogens with one attached hydrogen (secondary N) is 1. The van der Waals surface area contributed by atoms with Gasteiger partial charge in [0, 0.05) is 29.3 Å². The van der Waals surface area contributed by atoms with Gasteiger partial charge in [0.1, 0.15) is 47.4 Å². The number of phenols is 1. The molecule has 0 radical (unpaired) electrons. The molecule has 9 nitrogen and oxygen atoms in total. The molecule has 0 aromatic heterocycles. The van der Waals surface area contributed by atoms with Crippen molar-refractivity contribution in [2.24, 2.45) is 5.41 Å². The fourth-order valence-electron chi connectivity index (χ4n) is 5.55. The molecule has 0 fully saturated rings. The maximum absolute atomic E-state index is 16.3. The minimum absolute atomic E-state index is 0.0523. The number of phenolic OH excluding ortho intramolecular Hbond substituents is 1. The summed E-state index contributed by atoms with van der Waals surface area (Å²) in [5, 5.41) is 25.2. The lowest BCUT2D eigenvalue weighted by Gasteiger charge is -2.33. The van der Waals surface area contributed by atoms with E-state index in [4.69, 9.17) is 14.2 Å². The predicted molar refractivity (Wildman–Crippen MR) is 176 cm³/mol. The number of hydrogen-bond donors (Lipinski definition) is 3. The van der Waals surface area contributed by atoms with Crippen LogP contribution in [0.2, 0.25) is 0 Å². The van der Waals surface area contributed by atoms with E-state index in [1.807, 2.05) is 44.2 Å². The normalized spacial score (nSPS) is 14.5. The molecule has 5 rings (SSSR count). The van der Waals surface area contributed by atoms with Crippen molar-refractivity contribution in [1.82, 2.24) is 0 Å². The standard InChI is InChI=1S/C37H37FN2O7/c1-37(2,18-19-41)21-31-29(22-42)35(28-17-16-27(20-30(28)38)46-23-24-8-5-4-6-9-24)40(32-10-7-11-33(43)34(32)39-31)36(44)47-26-14-12-25(45-3)13-15-26/h4-17,19-20,35,39,42-43H,18,21-23H2,1-3H3. The topological polar surface area (TPSA) is 118 Å². The first-order valence-electron chi connectivity index (χ1n) is 15.1. The Morgan fingerprint density at radius 3 is 2.34 bits per heavy atom. The van der Waals surface area contributed by atoms with Crippen LogP contribution in [-0.2, 0) is 11.4 Å². The molecule has 1 amide bonds. The Labute approximate surface area is 272 Å². The van der Waals surface area contributed by atoms with Crippen molar-refractivity contribution in [3.8, 4) is 23.0 Å². The molecule has 3 N–H and O–H groups in total. The van der Waals surface area contributed by atoms with Gasteiger partial charge < -0.3 is 34.5 Å². The summed E-state index contributed by atoms with van der Waals surface area (Å²) >= 11 is 0. The Morgan fingerprint density at radius 1 is 0.979 bits per heavy atom. The molecule has 1 aliphatic rings. The van der Waals surface area contributed by atoms with Crippen molar-refractivity contribution in [1.29, 1.82) is 0 Å². The van der Waals surface area contributed by atoms with E-state index in [2.05, 4.69) is 5.32 Å². The first kappa shape index (κ1) is 33.0. The number of aliphatic hydroxyl groups excluding tert-OH is 1. The van der Waals surface area contributed by atoms with Crippen LogP contribution in [-0.4, -0.2) is 36.3 Å². The molecule has 0 saturated heterocycles. The largest absolute Gasteiger partial charge is 0.506 e. The molecule has 4 aromatic rings. The zero-order valence-corrected chi connectivity index (χ0v) is 26.4. The number of anilines is 2. The Kier molecular flexibility index (Phi) is 10.1. The summed E-state index contributed by atoms with van der Waals surface area (Å²) in [6.07, 6.45) is 0.343. The molecule has 0 saturated carbocycles. The number of benzene rings is 4. The molecule has 0 spiro atoms. The minimum Gasteiger partial charge on any atom is -0.506 e. The highest BCUT2D eigenvalue weighted by Gasteiger charge is 2.40. The maximum atomic E-state index is 16.3. The first-order chi connectivity index (χ1) is 22.6. The molecule has 244 valence electrons. The number of hydrogen-bond acceptors (Lipinski definition) is 8. The molecule has 0 bridgehead atoms. The van der Waals surface area contributed by atoms with Gasteiger partial charge >= 0.3 is 6.09 Å². The zero-order valence-electron chi connectivity index (χ0n) is 26.4. The fraction of sp³-hybridized carbons (Fsp3) is 0.243. The summed E-state index contributed by atoms with van der Waals surface area (Å²) in [5.74, 6) is 0.151. The van der Waals surface area contributed by atoms with Gasteiger partial charge in [-0.05, 0) is 65.9 Å². The van der Waals surface area contributed by atoms with E-state index < -0.39 is 30.0 Å². The molecule has 10 heteroatoms. The second-order valence-corrected chi connectivity index (χ2v) is 11.9. The summed E-state index contributed by atoms with van der Waals surface area (Å²) in [5.41, 5.74) is 1.39. The fourth-order valence-corrected chi connectivity index (χ4v) is 5.55. The number of fused-ring (bicyclic) bond motifs is 1. The van der Waals surface area contributed by atoms with Crippen LogP contribution in [0.4, 0.5) is 20.6 Å². The van der Waals surface area contributed by atoms with E-state index >= 15 is 4.39 Å². The van der Waals surface area contributed by atoms with Crippen molar-refractivity contribution in [2.45, 2.75) is 39.3 Å². The summed E-state index contributed by atoms with van der Waals surface area (Å²) in [6.45, 7) is 3.40. The minimum atomic E-state index is -1.23. The molecular weight excluding hydrogens is 603 g/mol. The Balaban J connectivity index is 1.65. The van der Waals surface area contributed by atoms with Crippen molar-refractivity contribution in [2.75, 3.05) is 23.9 Å². The third-order valence-corrected chi connectivity index (χ3v) is 7.97. The molecule has 1 heterocycles. The van der Waals surface area contributed by atoms with E-state index in [0.717, 1.165) is 11.8 Å². The van der Waals surface area contributed by atoms with E-state index in [1.165, 1.54) is 30.2 Å². The average Bonchev–Trinajstić information content (AvgIpc) is 3.19. The van der Waals surface area contributed by atoms with Gasteiger partial charge in [-0.25, -0.2) is 9.18 Å². The smallest absolute Gasteiger partial charge is 0.420 e. The molecule has 1 unspecified atom stereocenters. The summed E-state index contributed by atoms with van der Waals surface area (Å²) < 4.78 is 33.2. The van der Waals surface area contributed by atoms with Gasteiger partial charge in [-0.2, -0.15) is 0 Å². The predicted octanol–water partition coefficient (Wildman–Crippen LogP) is 7.54. The lowest BCUT2D eigenvalue weighted by Crippen LogP contribution is -2.39. The number of aldehydes is 1. The number of ether oxygens (including phenoxy) is 3. The number of rotatable bonds is 11. The van der Waals surface area contributed by atoms with Gasteiger partial charge in [0.05, 0.1) is 25.4 Å². The first-order valence-corrected chi connectivity index (χ1v) is 15.1. The molecule has 1 atom stereocenters. The zero-order chi connectivity index (χ0) is 33.6. The van der Waals surface area contributed by atoms with Gasteiger partial charge in [-0.15, -0.1) is 0 Å². The number of methoxy groups -OCH3 is 1. The maximum Gasteiger partial charge on any atom is 0.420 e. The number of para-hydroxylation sites is 1. The van der Waals surface area contributed by atoms with Crippen molar-refractivity contribution in [3.63, 3.8) is 0 Å². The average molecular weight is 641 g/mol. The van der Waals surface area contributed by atoms with E-state index in [9.17, 15) is 19.8 Å². The van der Waals surface area contributed by atoms with E-state index in [-0.39, 0.29) is 59.2 Å². The molecular formula is C37H37FN2O7. The molecule has 1 aliphatic heterocycles. The Bertz CT molecular complexity index is 1760. The van der Waals surface area contributed by atoms with Crippen LogP contribution in [0.25, 0.3) is 0 Å². The number of allylic oxidation sites excluding steroid dienone is 1. The van der Waals surface area contributed by atoms with Gasteiger partial charge in [0.25, 0.3) is 0 Å². The second kappa shape index (κ2) is 14.4. The number of halogens is 1. The number of nitrogens with zero attached hydrogens (tertiary/aromatic N) is 1. The van der Waals surface area contributed by atoms with Crippen LogP contribution in [0.5, 0.6) is 23.0 Å². The summed E-state index contributed by atoms with van der Waals surface area (Å²) in [6, 6.07) is 23.5. The monoisotopic (exact) mass is 640 g/mol. The van der Waals surface area contributed by atoms with Gasteiger partial charge in [0.2, 0.25) is 0 Å². The highest BCUT2D eigenvalue weighted by atomic mass is 19.1. The third-order valence-electron chi connectivity index (χ3n) is 7.97. The van der Waals surface area contributed by atoms with Crippen LogP contribution in [0.3, 0.4) is 0 Å². The van der Waals surface area contributed by atoms with Gasteiger partial charge in [-0.3, -0.25) is 4.90 Å². The number of aliphatic hydroxyl groups is 1. The van der Waals surface area contributed by atoms with Crippen LogP contribution in [0, 0.1) is 11.2 Å². The highest BCUT2D eigenvalue weighted by Crippen LogP contribution is 2.48. The SMILES string of the molecule is COc1ccc(OC(=O)N2c3cccc(O)c3NC(CC(C)(C)CC=O)=C(CO)C2c2ccc(OCc3ccccc3)cc2F)cc1. The van der Waals surface area contributed by atoms with Crippen molar-refractivity contribution in [3.05, 3.63) is 119 Å². The molecule has 47 heavy (non-hydrogen) atoms. The van der Waals surface area contributed by atoms with Crippen LogP contribution in [0.1, 0.15) is 43.9 Å². The van der Waals surface area contributed by atoms with E-state index in [0.29, 0.717) is 11.4 Å². The molecule has 4 aromatic carbocycles. The van der Waals surface area contributed by atoms with Gasteiger partial charge in [-0.1, -0.05) is 50.2 Å². The third kappa shape index (κ3) is 7.56. The quantitative estimate of drug-likeness (QED) is 0.114. The van der Waals surface area contributed by atoms with Crippen LogP contribution < -0.4 is 24.4 Å². The van der Waals surface area contributed by atoms with Crippen LogP contribution >= 0.6 is 0 Å². The molecule has 0 aliphatic carbocycles. The number of aromatic hydroxyl groups is 1. The van der Waals surface area contributed by atoms with Gasteiger partial charge in [0.15, 0.2) is 0 Å². The lowest BCUT2D eigenvalue weighted by molar-refractivity contribution is -0.109. The van der Waals surface area contributed by atoms with Crippen molar-refractivity contribution < 1.29 is 38.4 Å². The van der Waals surface area contributed by atoms with E-state index in [1.54, 1.807) is 42.5 Å².